The van der Waals surface area contributed by atoms with Crippen LogP contribution in [0.25, 0.3) is 0 Å². The Morgan fingerprint density at radius 3 is 2.40 bits per heavy atom. The van der Waals surface area contributed by atoms with Gasteiger partial charge in [0.25, 0.3) is 0 Å². The van der Waals surface area contributed by atoms with Gasteiger partial charge in [-0.2, -0.15) is 22.5 Å². The maximum atomic E-state index is 12.4. The highest BCUT2D eigenvalue weighted by Gasteiger charge is 2.36. The van der Waals surface area contributed by atoms with Crippen molar-refractivity contribution < 1.29 is 13.2 Å². The summed E-state index contributed by atoms with van der Waals surface area (Å²) in [5.41, 5.74) is 2.21. The topological polar surface area (TPSA) is 37.8 Å². The van der Waals surface area contributed by atoms with Crippen LogP contribution in [0.5, 0.6) is 0 Å². The van der Waals surface area contributed by atoms with Gasteiger partial charge in [0.2, 0.25) is 11.0 Å². The zero-order valence-corrected chi connectivity index (χ0v) is 11.8. The van der Waals surface area contributed by atoms with Crippen LogP contribution in [-0.4, -0.2) is 9.36 Å². The van der Waals surface area contributed by atoms with E-state index in [-0.39, 0.29) is 11.2 Å². The monoisotopic (exact) mass is 301 g/mol. The van der Waals surface area contributed by atoms with Gasteiger partial charge in [-0.15, -0.1) is 0 Å². The number of alkyl halides is 3. The van der Waals surface area contributed by atoms with Crippen LogP contribution < -0.4 is 5.32 Å². The van der Waals surface area contributed by atoms with Gasteiger partial charge in [0, 0.05) is 11.5 Å². The van der Waals surface area contributed by atoms with Crippen molar-refractivity contribution in [2.24, 2.45) is 0 Å². The first-order valence-electron chi connectivity index (χ1n) is 6.16. The second-order valence-electron chi connectivity index (χ2n) is 4.38. The standard InChI is InChI=1S/C13H14F3N3S/c1-3-9-4-6-10(7-5-9)8(2)17-12-18-11(19-20-12)13(14,15)16/h4-8H,3H2,1-2H3,(H,17,18,19). The summed E-state index contributed by atoms with van der Waals surface area (Å²) in [5, 5.41) is 3.10. The Balaban J connectivity index is 2.07. The molecule has 20 heavy (non-hydrogen) atoms. The van der Waals surface area contributed by atoms with Gasteiger partial charge in [-0.05, 0) is 24.5 Å². The maximum absolute atomic E-state index is 12.4. The minimum absolute atomic E-state index is 0.130. The van der Waals surface area contributed by atoms with Gasteiger partial charge in [-0.3, -0.25) is 0 Å². The number of aryl methyl sites for hydroxylation is 1. The van der Waals surface area contributed by atoms with Crippen LogP contribution in [0, 0.1) is 0 Å². The number of nitrogens with one attached hydrogen (secondary N) is 1. The number of anilines is 1. The van der Waals surface area contributed by atoms with E-state index < -0.39 is 12.0 Å². The Morgan fingerprint density at radius 2 is 1.90 bits per heavy atom. The predicted molar refractivity (Wildman–Crippen MR) is 72.8 cm³/mol. The van der Waals surface area contributed by atoms with Crippen LogP contribution in [0.1, 0.15) is 36.8 Å². The van der Waals surface area contributed by atoms with E-state index >= 15 is 0 Å². The molecule has 1 aromatic heterocycles. The van der Waals surface area contributed by atoms with Gasteiger partial charge in [0.05, 0.1) is 6.04 Å². The molecular weight excluding hydrogens is 287 g/mol. The molecule has 1 N–H and O–H groups in total. The number of hydrogen-bond donors (Lipinski definition) is 1. The third-order valence-corrected chi connectivity index (χ3v) is 3.55. The molecule has 108 valence electrons. The smallest absolute Gasteiger partial charge is 0.354 e. The maximum Gasteiger partial charge on any atom is 0.452 e. The summed E-state index contributed by atoms with van der Waals surface area (Å²) in [6.45, 7) is 3.94. The van der Waals surface area contributed by atoms with Gasteiger partial charge in [-0.25, -0.2) is 0 Å². The van der Waals surface area contributed by atoms with Crippen LogP contribution >= 0.6 is 11.5 Å². The van der Waals surface area contributed by atoms with Crippen molar-refractivity contribution in [2.75, 3.05) is 5.32 Å². The van der Waals surface area contributed by atoms with Crippen LogP contribution in [0.3, 0.4) is 0 Å². The van der Waals surface area contributed by atoms with E-state index in [2.05, 4.69) is 21.6 Å². The number of aromatic nitrogens is 2. The molecule has 0 saturated heterocycles. The van der Waals surface area contributed by atoms with Gasteiger partial charge in [0.15, 0.2) is 0 Å². The third-order valence-electron chi connectivity index (χ3n) is 2.91. The van der Waals surface area contributed by atoms with Crippen molar-refractivity contribution in [3.05, 3.63) is 41.2 Å². The summed E-state index contributed by atoms with van der Waals surface area (Å²) in [6.07, 6.45) is -3.55. The molecule has 1 aromatic carbocycles. The number of benzene rings is 1. The fraction of sp³-hybridized carbons (Fsp3) is 0.385. The van der Waals surface area contributed by atoms with Crippen LogP contribution in [0.2, 0.25) is 0 Å². The third kappa shape index (κ3) is 3.47. The summed E-state index contributed by atoms with van der Waals surface area (Å²) >= 11 is 0.715. The highest BCUT2D eigenvalue weighted by Crippen LogP contribution is 2.30. The van der Waals surface area contributed by atoms with Crippen molar-refractivity contribution >= 4 is 16.7 Å². The SMILES string of the molecule is CCc1ccc(C(C)Nc2nc(C(F)(F)F)ns2)cc1. The van der Waals surface area contributed by atoms with Crippen LogP contribution in [0.15, 0.2) is 24.3 Å². The highest BCUT2D eigenvalue weighted by atomic mass is 32.1. The average molecular weight is 301 g/mol. The summed E-state index contributed by atoms with van der Waals surface area (Å²) < 4.78 is 40.5. The van der Waals surface area contributed by atoms with Crippen molar-refractivity contribution in [2.45, 2.75) is 32.5 Å². The number of rotatable bonds is 4. The molecule has 1 heterocycles. The molecule has 0 aliphatic carbocycles. The van der Waals surface area contributed by atoms with E-state index in [1.54, 1.807) is 0 Å². The molecule has 0 aliphatic rings. The predicted octanol–water partition coefficient (Wildman–Crippen LogP) is 4.29. The fourth-order valence-corrected chi connectivity index (χ4v) is 2.38. The largest absolute Gasteiger partial charge is 0.452 e. The van der Waals surface area contributed by atoms with E-state index in [9.17, 15) is 13.2 Å². The lowest BCUT2D eigenvalue weighted by Crippen LogP contribution is -2.09. The summed E-state index contributed by atoms with van der Waals surface area (Å²) in [5.74, 6) is -1.10. The van der Waals surface area contributed by atoms with Crippen molar-refractivity contribution in [3.63, 3.8) is 0 Å². The number of nitrogens with zero attached hydrogens (tertiary/aromatic N) is 2. The van der Waals surface area contributed by atoms with E-state index in [1.165, 1.54) is 5.56 Å². The Kier molecular flexibility index (Phi) is 4.27. The molecule has 0 aliphatic heterocycles. The van der Waals surface area contributed by atoms with Gasteiger partial charge < -0.3 is 5.32 Å². The molecule has 0 amide bonds. The van der Waals surface area contributed by atoms with Crippen molar-refractivity contribution in [3.8, 4) is 0 Å². The van der Waals surface area contributed by atoms with Crippen molar-refractivity contribution in [1.82, 2.24) is 9.36 Å². The quantitative estimate of drug-likeness (QED) is 0.915. The first kappa shape index (κ1) is 14.8. The summed E-state index contributed by atoms with van der Waals surface area (Å²) in [6, 6.07) is 7.81. The highest BCUT2D eigenvalue weighted by molar-refractivity contribution is 7.09. The molecule has 0 spiro atoms. The van der Waals surface area contributed by atoms with E-state index in [4.69, 9.17) is 0 Å². The molecule has 1 unspecified atom stereocenters. The van der Waals surface area contributed by atoms with Crippen molar-refractivity contribution in [1.29, 1.82) is 0 Å². The molecule has 7 heteroatoms. The zero-order chi connectivity index (χ0) is 14.8. The second-order valence-corrected chi connectivity index (χ2v) is 5.13. The molecule has 0 radical (unpaired) electrons. The Bertz CT molecular complexity index is 563. The van der Waals surface area contributed by atoms with Gasteiger partial charge in [0.1, 0.15) is 0 Å². The molecule has 2 rings (SSSR count). The lowest BCUT2D eigenvalue weighted by Gasteiger charge is -2.13. The number of halogens is 3. The molecule has 0 bridgehead atoms. The molecule has 1 atom stereocenters. The summed E-state index contributed by atoms with van der Waals surface area (Å²) in [7, 11) is 0. The van der Waals surface area contributed by atoms with Crippen LogP contribution in [0.4, 0.5) is 18.3 Å². The van der Waals surface area contributed by atoms with E-state index in [0.717, 1.165) is 12.0 Å². The van der Waals surface area contributed by atoms with Crippen LogP contribution in [-0.2, 0) is 12.6 Å². The molecular formula is C13H14F3N3S. The molecule has 0 fully saturated rings. The van der Waals surface area contributed by atoms with Gasteiger partial charge in [-0.1, -0.05) is 31.2 Å². The number of hydrogen-bond acceptors (Lipinski definition) is 4. The average Bonchev–Trinajstić information content (AvgIpc) is 2.87. The summed E-state index contributed by atoms with van der Waals surface area (Å²) in [4.78, 5) is 3.45. The Morgan fingerprint density at radius 1 is 1.25 bits per heavy atom. The Labute approximate surface area is 119 Å². The lowest BCUT2D eigenvalue weighted by atomic mass is 10.1. The lowest BCUT2D eigenvalue weighted by molar-refractivity contribution is -0.144. The minimum atomic E-state index is -4.50. The molecule has 0 saturated carbocycles. The first-order chi connectivity index (χ1) is 9.40. The fourth-order valence-electron chi connectivity index (χ4n) is 1.71. The molecule has 3 nitrogen and oxygen atoms in total. The normalized spacial score (nSPS) is 13.2. The first-order valence-corrected chi connectivity index (χ1v) is 6.93. The zero-order valence-electron chi connectivity index (χ0n) is 11.0. The second kappa shape index (κ2) is 5.78. The van der Waals surface area contributed by atoms with E-state index in [0.29, 0.717) is 11.5 Å². The molecule has 2 aromatic rings. The Hall–Kier alpha value is -1.63. The minimum Gasteiger partial charge on any atom is -0.354 e. The van der Waals surface area contributed by atoms with Gasteiger partial charge >= 0.3 is 6.18 Å². The van der Waals surface area contributed by atoms with E-state index in [1.807, 2.05) is 31.2 Å².